The largest absolute Gasteiger partial charge is 0.497 e. The maximum Gasteiger partial charge on any atom is 0.119 e. The van der Waals surface area contributed by atoms with Gasteiger partial charge in [0.15, 0.2) is 0 Å². The summed E-state index contributed by atoms with van der Waals surface area (Å²) >= 11 is 0. The summed E-state index contributed by atoms with van der Waals surface area (Å²) in [6, 6.07) is 6.15. The first-order valence-electron chi connectivity index (χ1n) is 4.61. The van der Waals surface area contributed by atoms with Gasteiger partial charge in [0, 0.05) is 6.04 Å². The summed E-state index contributed by atoms with van der Waals surface area (Å²) in [7, 11) is 1.67. The first-order valence-corrected chi connectivity index (χ1v) is 4.61. The van der Waals surface area contributed by atoms with E-state index in [0.717, 1.165) is 12.2 Å². The third-order valence-electron chi connectivity index (χ3n) is 2.22. The predicted octanol–water partition coefficient (Wildman–Crippen LogP) is 2.28. The van der Waals surface area contributed by atoms with Gasteiger partial charge in [0.25, 0.3) is 0 Å². The second-order valence-electron chi connectivity index (χ2n) is 3.21. The molecule has 0 heterocycles. The molecule has 0 bridgehead atoms. The fourth-order valence-corrected chi connectivity index (χ4v) is 1.45. The van der Waals surface area contributed by atoms with Crippen molar-refractivity contribution in [2.45, 2.75) is 26.3 Å². The summed E-state index contributed by atoms with van der Waals surface area (Å²) in [6.45, 7) is 4.13. The summed E-state index contributed by atoms with van der Waals surface area (Å²) in [4.78, 5) is 0. The third-order valence-corrected chi connectivity index (χ3v) is 2.22. The molecule has 0 saturated heterocycles. The summed E-state index contributed by atoms with van der Waals surface area (Å²) in [5, 5.41) is 0. The van der Waals surface area contributed by atoms with Crippen molar-refractivity contribution < 1.29 is 4.74 Å². The molecule has 1 rings (SSSR count). The van der Waals surface area contributed by atoms with E-state index in [4.69, 9.17) is 10.5 Å². The molecule has 0 aliphatic carbocycles. The van der Waals surface area contributed by atoms with Crippen LogP contribution in [0.25, 0.3) is 0 Å². The van der Waals surface area contributed by atoms with E-state index in [-0.39, 0.29) is 6.04 Å². The van der Waals surface area contributed by atoms with E-state index < -0.39 is 0 Å². The highest BCUT2D eigenvalue weighted by Crippen LogP contribution is 2.22. The summed E-state index contributed by atoms with van der Waals surface area (Å²) < 4.78 is 5.15. The van der Waals surface area contributed by atoms with Gasteiger partial charge >= 0.3 is 0 Å². The highest BCUT2D eigenvalue weighted by atomic mass is 16.5. The van der Waals surface area contributed by atoms with Crippen LogP contribution in [-0.4, -0.2) is 7.11 Å². The minimum absolute atomic E-state index is 0.0741. The van der Waals surface area contributed by atoms with Crippen molar-refractivity contribution in [1.29, 1.82) is 0 Å². The van der Waals surface area contributed by atoms with Gasteiger partial charge in [-0.15, -0.1) is 0 Å². The number of rotatable bonds is 3. The SMILES string of the molecule is CCc1ccc(OC)cc1[C@@H](C)N. The number of aryl methyl sites for hydroxylation is 1. The lowest BCUT2D eigenvalue weighted by atomic mass is 10.00. The van der Waals surface area contributed by atoms with Crippen LogP contribution in [0.15, 0.2) is 18.2 Å². The molecule has 0 fully saturated rings. The monoisotopic (exact) mass is 179 g/mol. The Labute approximate surface area is 79.7 Å². The van der Waals surface area contributed by atoms with Gasteiger partial charge in [-0.3, -0.25) is 0 Å². The second kappa shape index (κ2) is 4.28. The number of benzene rings is 1. The Hall–Kier alpha value is -1.02. The van der Waals surface area contributed by atoms with Crippen molar-refractivity contribution >= 4 is 0 Å². The van der Waals surface area contributed by atoms with Crippen LogP contribution in [0.3, 0.4) is 0 Å². The highest BCUT2D eigenvalue weighted by Gasteiger charge is 2.06. The molecule has 2 nitrogen and oxygen atoms in total. The molecule has 0 aromatic heterocycles. The molecule has 0 amide bonds. The quantitative estimate of drug-likeness (QED) is 0.772. The van der Waals surface area contributed by atoms with Crippen LogP contribution in [-0.2, 0) is 6.42 Å². The topological polar surface area (TPSA) is 35.2 Å². The fourth-order valence-electron chi connectivity index (χ4n) is 1.45. The molecule has 13 heavy (non-hydrogen) atoms. The number of methoxy groups -OCH3 is 1. The van der Waals surface area contributed by atoms with Gasteiger partial charge in [-0.25, -0.2) is 0 Å². The zero-order chi connectivity index (χ0) is 9.84. The molecular weight excluding hydrogens is 162 g/mol. The Balaban J connectivity index is 3.10. The van der Waals surface area contributed by atoms with Crippen molar-refractivity contribution in [3.05, 3.63) is 29.3 Å². The molecule has 1 aromatic carbocycles. The lowest BCUT2D eigenvalue weighted by Crippen LogP contribution is -2.08. The van der Waals surface area contributed by atoms with E-state index in [1.54, 1.807) is 7.11 Å². The van der Waals surface area contributed by atoms with Crippen molar-refractivity contribution in [1.82, 2.24) is 0 Å². The minimum Gasteiger partial charge on any atom is -0.497 e. The number of ether oxygens (including phenoxy) is 1. The normalized spacial score (nSPS) is 12.6. The van der Waals surface area contributed by atoms with Gasteiger partial charge in [0.2, 0.25) is 0 Å². The standard InChI is InChI=1S/C11H17NO/c1-4-9-5-6-10(13-3)7-11(9)8(2)12/h5-8H,4,12H2,1-3H3/t8-/m1/s1. The van der Waals surface area contributed by atoms with Crippen molar-refractivity contribution in [3.63, 3.8) is 0 Å². The Morgan fingerprint density at radius 3 is 2.62 bits per heavy atom. The van der Waals surface area contributed by atoms with Crippen LogP contribution >= 0.6 is 0 Å². The number of nitrogens with two attached hydrogens (primary N) is 1. The molecule has 0 unspecified atom stereocenters. The average molecular weight is 179 g/mol. The maximum atomic E-state index is 5.86. The molecule has 0 saturated carbocycles. The summed E-state index contributed by atoms with van der Waals surface area (Å²) in [6.07, 6.45) is 1.01. The van der Waals surface area contributed by atoms with Crippen LogP contribution in [0.4, 0.5) is 0 Å². The van der Waals surface area contributed by atoms with E-state index in [1.165, 1.54) is 11.1 Å². The van der Waals surface area contributed by atoms with Crippen molar-refractivity contribution in [2.75, 3.05) is 7.11 Å². The number of hydrogen-bond donors (Lipinski definition) is 1. The Kier molecular flexibility index (Phi) is 3.32. The van der Waals surface area contributed by atoms with Crippen LogP contribution in [0.2, 0.25) is 0 Å². The number of hydrogen-bond acceptors (Lipinski definition) is 2. The first-order chi connectivity index (χ1) is 6.19. The molecular formula is C11H17NO. The smallest absolute Gasteiger partial charge is 0.119 e. The van der Waals surface area contributed by atoms with Gasteiger partial charge in [0.05, 0.1) is 7.11 Å². The lowest BCUT2D eigenvalue weighted by Gasteiger charge is -2.12. The van der Waals surface area contributed by atoms with E-state index in [1.807, 2.05) is 19.1 Å². The van der Waals surface area contributed by atoms with Gasteiger partial charge in [0.1, 0.15) is 5.75 Å². The maximum absolute atomic E-state index is 5.86. The lowest BCUT2D eigenvalue weighted by molar-refractivity contribution is 0.413. The first kappa shape index (κ1) is 10.1. The van der Waals surface area contributed by atoms with Gasteiger partial charge in [-0.2, -0.15) is 0 Å². The Morgan fingerprint density at radius 1 is 1.46 bits per heavy atom. The van der Waals surface area contributed by atoms with E-state index in [9.17, 15) is 0 Å². The summed E-state index contributed by atoms with van der Waals surface area (Å²) in [5.74, 6) is 0.879. The summed E-state index contributed by atoms with van der Waals surface area (Å²) in [5.41, 5.74) is 8.34. The van der Waals surface area contributed by atoms with Crippen molar-refractivity contribution in [3.8, 4) is 5.75 Å². The van der Waals surface area contributed by atoms with Crippen molar-refractivity contribution in [2.24, 2.45) is 5.73 Å². The average Bonchev–Trinajstić information content (AvgIpc) is 2.16. The zero-order valence-electron chi connectivity index (χ0n) is 8.50. The van der Waals surface area contributed by atoms with Gasteiger partial charge < -0.3 is 10.5 Å². The molecule has 0 aliphatic rings. The van der Waals surface area contributed by atoms with Crippen LogP contribution in [0.1, 0.15) is 31.0 Å². The predicted molar refractivity (Wildman–Crippen MR) is 55.0 cm³/mol. The van der Waals surface area contributed by atoms with Crippen LogP contribution < -0.4 is 10.5 Å². The molecule has 1 atom stereocenters. The van der Waals surface area contributed by atoms with Crippen LogP contribution in [0, 0.1) is 0 Å². The Morgan fingerprint density at radius 2 is 2.15 bits per heavy atom. The minimum atomic E-state index is 0.0741. The van der Waals surface area contributed by atoms with Crippen LogP contribution in [0.5, 0.6) is 5.75 Å². The van der Waals surface area contributed by atoms with E-state index in [2.05, 4.69) is 13.0 Å². The molecule has 2 N–H and O–H groups in total. The molecule has 0 spiro atoms. The molecule has 0 aliphatic heterocycles. The zero-order valence-corrected chi connectivity index (χ0v) is 8.50. The van der Waals surface area contributed by atoms with Gasteiger partial charge in [-0.1, -0.05) is 13.0 Å². The van der Waals surface area contributed by atoms with E-state index >= 15 is 0 Å². The van der Waals surface area contributed by atoms with Gasteiger partial charge in [-0.05, 0) is 36.6 Å². The highest BCUT2D eigenvalue weighted by molar-refractivity contribution is 5.37. The molecule has 72 valence electrons. The molecule has 1 aromatic rings. The molecule has 2 heteroatoms. The Bertz CT molecular complexity index is 281. The van der Waals surface area contributed by atoms with E-state index in [0.29, 0.717) is 0 Å². The fraction of sp³-hybridized carbons (Fsp3) is 0.455. The molecule has 0 radical (unpaired) electrons. The third kappa shape index (κ3) is 2.22. The second-order valence-corrected chi connectivity index (χ2v) is 3.21.